The summed E-state index contributed by atoms with van der Waals surface area (Å²) in [5.41, 5.74) is -1.07. The zero-order valence-electron chi connectivity index (χ0n) is 10.3. The molecule has 0 saturated carbocycles. The van der Waals surface area contributed by atoms with E-state index < -0.39 is 17.2 Å². The van der Waals surface area contributed by atoms with Crippen LogP contribution in [0.4, 0.5) is 5.69 Å². The maximum atomic E-state index is 11.8. The standard InChI is InChI=1S/C11H8Cl2N4O3S/c12-5-2-1-3-6(13)8(5)14-7(18)4-21-10-9(19)15-11(20)17-16-10/h1-3H,4H2,(H,14,18)(H2,15,17,19,20). The van der Waals surface area contributed by atoms with Gasteiger partial charge in [-0.2, -0.15) is 5.10 Å². The maximum Gasteiger partial charge on any atom is 0.342 e. The van der Waals surface area contributed by atoms with E-state index in [-0.39, 0.29) is 10.8 Å². The number of para-hydroxylation sites is 1. The summed E-state index contributed by atoms with van der Waals surface area (Å²) in [4.78, 5) is 36.0. The fourth-order valence-corrected chi connectivity index (χ4v) is 2.49. The maximum absolute atomic E-state index is 11.8. The number of rotatable bonds is 4. The molecule has 110 valence electrons. The highest BCUT2D eigenvalue weighted by atomic mass is 35.5. The quantitative estimate of drug-likeness (QED) is 0.727. The number of hydrogen-bond donors (Lipinski definition) is 3. The first-order valence-electron chi connectivity index (χ1n) is 5.53. The van der Waals surface area contributed by atoms with Gasteiger partial charge in [-0.05, 0) is 12.1 Å². The second kappa shape index (κ2) is 6.79. The van der Waals surface area contributed by atoms with Crippen LogP contribution in [0.3, 0.4) is 0 Å². The Labute approximate surface area is 132 Å². The molecule has 0 fully saturated rings. The summed E-state index contributed by atoms with van der Waals surface area (Å²) in [6.45, 7) is 0. The molecule has 1 aromatic carbocycles. The molecule has 1 aromatic heterocycles. The van der Waals surface area contributed by atoms with Crippen molar-refractivity contribution >= 4 is 46.6 Å². The molecule has 0 aliphatic heterocycles. The monoisotopic (exact) mass is 346 g/mol. The highest BCUT2D eigenvalue weighted by molar-refractivity contribution is 7.99. The lowest BCUT2D eigenvalue weighted by Gasteiger charge is -2.08. The van der Waals surface area contributed by atoms with Gasteiger partial charge in [0.05, 0.1) is 21.5 Å². The summed E-state index contributed by atoms with van der Waals surface area (Å²) in [7, 11) is 0. The molecule has 10 heteroatoms. The van der Waals surface area contributed by atoms with Crippen molar-refractivity contribution < 1.29 is 4.79 Å². The first-order valence-corrected chi connectivity index (χ1v) is 7.27. The third-order valence-corrected chi connectivity index (χ3v) is 3.83. The minimum absolute atomic E-state index is 0.0185. The van der Waals surface area contributed by atoms with Gasteiger partial charge in [-0.3, -0.25) is 14.6 Å². The van der Waals surface area contributed by atoms with Gasteiger partial charge in [0.15, 0.2) is 5.03 Å². The van der Waals surface area contributed by atoms with Crippen LogP contribution in [-0.4, -0.2) is 26.8 Å². The fraction of sp³-hybridized carbons (Fsp3) is 0.0909. The summed E-state index contributed by atoms with van der Waals surface area (Å²) in [5, 5.41) is 8.76. The molecule has 3 N–H and O–H groups in total. The molecule has 0 saturated heterocycles. The Morgan fingerprint density at radius 3 is 2.57 bits per heavy atom. The molecule has 0 aliphatic carbocycles. The van der Waals surface area contributed by atoms with Crippen LogP contribution in [0.5, 0.6) is 0 Å². The van der Waals surface area contributed by atoms with Gasteiger partial charge in [-0.15, -0.1) is 0 Å². The van der Waals surface area contributed by atoms with Gasteiger partial charge in [0.25, 0.3) is 5.56 Å². The number of amides is 1. The number of carbonyl (C=O) groups excluding carboxylic acids is 1. The van der Waals surface area contributed by atoms with Gasteiger partial charge < -0.3 is 5.32 Å². The van der Waals surface area contributed by atoms with Crippen LogP contribution in [0.25, 0.3) is 0 Å². The second-order valence-electron chi connectivity index (χ2n) is 3.75. The topological polar surface area (TPSA) is 108 Å². The molecule has 21 heavy (non-hydrogen) atoms. The molecule has 1 amide bonds. The highest BCUT2D eigenvalue weighted by Gasteiger charge is 2.11. The Balaban J connectivity index is 2.03. The minimum Gasteiger partial charge on any atom is -0.323 e. The van der Waals surface area contributed by atoms with Crippen molar-refractivity contribution in [1.82, 2.24) is 15.2 Å². The summed E-state index contributed by atoms with van der Waals surface area (Å²) < 4.78 is 0. The van der Waals surface area contributed by atoms with Gasteiger partial charge in [-0.25, -0.2) is 9.89 Å². The van der Waals surface area contributed by atoms with Gasteiger partial charge in [0.2, 0.25) is 5.91 Å². The van der Waals surface area contributed by atoms with Crippen molar-refractivity contribution in [2.24, 2.45) is 0 Å². The molecule has 2 rings (SSSR count). The summed E-state index contributed by atoms with van der Waals surface area (Å²) >= 11 is 12.7. The second-order valence-corrected chi connectivity index (χ2v) is 5.52. The van der Waals surface area contributed by atoms with Crippen molar-refractivity contribution in [2.45, 2.75) is 5.03 Å². The smallest absolute Gasteiger partial charge is 0.323 e. The van der Waals surface area contributed by atoms with Crippen LogP contribution in [0, 0.1) is 0 Å². The van der Waals surface area contributed by atoms with Crippen LogP contribution in [0.1, 0.15) is 0 Å². The molecular formula is C11H8Cl2N4O3S. The van der Waals surface area contributed by atoms with E-state index in [1.807, 2.05) is 4.98 Å². The number of aromatic nitrogens is 3. The van der Waals surface area contributed by atoms with Crippen molar-refractivity contribution in [1.29, 1.82) is 0 Å². The number of nitrogens with one attached hydrogen (secondary N) is 3. The molecule has 2 aromatic rings. The van der Waals surface area contributed by atoms with Gasteiger partial charge in [0.1, 0.15) is 0 Å². The third kappa shape index (κ3) is 4.10. The molecule has 0 spiro atoms. The van der Waals surface area contributed by atoms with E-state index in [0.29, 0.717) is 15.7 Å². The van der Waals surface area contributed by atoms with Crippen molar-refractivity contribution in [3.63, 3.8) is 0 Å². The molecule has 1 heterocycles. The largest absolute Gasteiger partial charge is 0.342 e. The lowest BCUT2D eigenvalue weighted by atomic mass is 10.3. The van der Waals surface area contributed by atoms with Crippen molar-refractivity contribution in [3.05, 3.63) is 49.1 Å². The minimum atomic E-state index is -0.711. The summed E-state index contributed by atoms with van der Waals surface area (Å²) in [5.74, 6) is -0.508. The molecule has 0 bridgehead atoms. The SMILES string of the molecule is O=C(CSc1n[nH]c(=O)[nH]c1=O)Nc1c(Cl)cccc1Cl. The zero-order chi connectivity index (χ0) is 15.4. The number of H-pyrrole nitrogens is 2. The normalized spacial score (nSPS) is 10.4. The first-order chi connectivity index (χ1) is 9.97. The molecule has 7 nitrogen and oxygen atoms in total. The Morgan fingerprint density at radius 2 is 1.95 bits per heavy atom. The first kappa shape index (κ1) is 15.6. The highest BCUT2D eigenvalue weighted by Crippen LogP contribution is 2.29. The Hall–Kier alpha value is -1.77. The summed E-state index contributed by atoms with van der Waals surface area (Å²) in [6, 6.07) is 4.83. The molecule has 0 unspecified atom stereocenters. The zero-order valence-corrected chi connectivity index (χ0v) is 12.6. The van der Waals surface area contributed by atoms with Crippen molar-refractivity contribution in [3.8, 4) is 0 Å². The van der Waals surface area contributed by atoms with Crippen LogP contribution < -0.4 is 16.6 Å². The van der Waals surface area contributed by atoms with E-state index in [0.717, 1.165) is 11.8 Å². The lowest BCUT2D eigenvalue weighted by Crippen LogP contribution is -2.25. The Kier molecular flexibility index (Phi) is 5.05. The molecular weight excluding hydrogens is 339 g/mol. The van der Waals surface area contributed by atoms with E-state index in [1.54, 1.807) is 18.2 Å². The van der Waals surface area contributed by atoms with Gasteiger partial charge in [-0.1, -0.05) is 41.0 Å². The average molecular weight is 347 g/mol. The van der Waals surface area contributed by atoms with E-state index in [2.05, 4.69) is 15.5 Å². The molecule has 0 radical (unpaired) electrons. The summed E-state index contributed by atoms with van der Waals surface area (Å²) in [6.07, 6.45) is 0. The van der Waals surface area contributed by atoms with Gasteiger partial charge in [0, 0.05) is 0 Å². The predicted octanol–water partition coefficient (Wildman–Crippen LogP) is 1.50. The average Bonchev–Trinajstić information content (AvgIpc) is 2.42. The van der Waals surface area contributed by atoms with E-state index in [4.69, 9.17) is 23.2 Å². The number of carbonyl (C=O) groups is 1. The van der Waals surface area contributed by atoms with Crippen LogP contribution in [0.2, 0.25) is 10.0 Å². The fourth-order valence-electron chi connectivity index (χ4n) is 1.36. The number of hydrogen-bond acceptors (Lipinski definition) is 5. The third-order valence-electron chi connectivity index (χ3n) is 2.25. The Morgan fingerprint density at radius 1 is 1.29 bits per heavy atom. The number of nitrogens with zero attached hydrogens (tertiary/aromatic N) is 1. The number of benzene rings is 1. The van der Waals surface area contributed by atoms with Crippen LogP contribution >= 0.6 is 35.0 Å². The van der Waals surface area contributed by atoms with Gasteiger partial charge >= 0.3 is 5.69 Å². The molecule has 0 atom stereocenters. The van der Waals surface area contributed by atoms with Crippen molar-refractivity contribution in [2.75, 3.05) is 11.1 Å². The Bertz CT molecular complexity index is 769. The number of anilines is 1. The molecule has 0 aliphatic rings. The number of halogens is 2. The van der Waals surface area contributed by atoms with E-state index >= 15 is 0 Å². The predicted molar refractivity (Wildman–Crippen MR) is 81.3 cm³/mol. The van der Waals surface area contributed by atoms with Crippen LogP contribution in [0.15, 0.2) is 32.8 Å². The number of aromatic amines is 2. The lowest BCUT2D eigenvalue weighted by molar-refractivity contribution is -0.113. The van der Waals surface area contributed by atoms with Crippen LogP contribution in [-0.2, 0) is 4.79 Å². The van der Waals surface area contributed by atoms with E-state index in [1.165, 1.54) is 0 Å². The number of thioether (sulfide) groups is 1. The van der Waals surface area contributed by atoms with E-state index in [9.17, 15) is 14.4 Å².